The summed E-state index contributed by atoms with van der Waals surface area (Å²) in [6.45, 7) is 1.87. The lowest BCUT2D eigenvalue weighted by atomic mass is 10.1. The molecule has 0 aliphatic rings. The van der Waals surface area contributed by atoms with E-state index in [1.807, 2.05) is 18.2 Å². The topological polar surface area (TPSA) is 116 Å². The fraction of sp³-hybridized carbons (Fsp3) is 0.182. The molecule has 0 amide bonds. The van der Waals surface area contributed by atoms with Crippen LogP contribution in [0.3, 0.4) is 0 Å². The minimum Gasteiger partial charge on any atom is -0.493 e. The first-order valence-corrected chi connectivity index (χ1v) is 11.2. The number of H-pyrrole nitrogens is 2. The van der Waals surface area contributed by atoms with Crippen LogP contribution in [0.25, 0.3) is 22.5 Å². The van der Waals surface area contributed by atoms with Crippen LogP contribution >= 0.6 is 34.2 Å². The van der Waals surface area contributed by atoms with Gasteiger partial charge in [0, 0.05) is 14.7 Å². The van der Waals surface area contributed by atoms with Crippen molar-refractivity contribution in [2.24, 2.45) is 0 Å². The summed E-state index contributed by atoms with van der Waals surface area (Å²) in [6.07, 6.45) is 1.65. The number of nitrogens with zero attached hydrogens (tertiary/aromatic N) is 2. The normalized spacial score (nSPS) is 12.1. The van der Waals surface area contributed by atoms with Gasteiger partial charge in [0.15, 0.2) is 0 Å². The summed E-state index contributed by atoms with van der Waals surface area (Å²) < 4.78 is 7.60. The first-order chi connectivity index (χ1) is 15.4. The predicted octanol–water partition coefficient (Wildman–Crippen LogP) is 4.18. The Kier molecular flexibility index (Phi) is 6.58. The Morgan fingerprint density at radius 2 is 1.97 bits per heavy atom. The number of benzene rings is 2. The number of nitrogens with one attached hydrogen (secondary N) is 2. The van der Waals surface area contributed by atoms with Crippen LogP contribution in [0.2, 0.25) is 5.02 Å². The molecule has 2 aromatic heterocycles. The molecule has 0 aliphatic carbocycles. The Bertz CT molecular complexity index is 1300. The maximum absolute atomic E-state index is 12.7. The fourth-order valence-corrected chi connectivity index (χ4v) is 4.36. The van der Waals surface area contributed by atoms with E-state index in [0.717, 1.165) is 14.8 Å². The molecular weight excluding hydrogens is 547 g/mol. The summed E-state index contributed by atoms with van der Waals surface area (Å²) in [6, 6.07) is 12.0. The van der Waals surface area contributed by atoms with Gasteiger partial charge in [0.1, 0.15) is 23.9 Å². The van der Waals surface area contributed by atoms with Crippen molar-refractivity contribution in [2.75, 3.05) is 13.2 Å². The van der Waals surface area contributed by atoms with Crippen LogP contribution < -0.4 is 10.4 Å². The van der Waals surface area contributed by atoms with E-state index in [0.29, 0.717) is 27.9 Å². The highest BCUT2D eigenvalue weighted by molar-refractivity contribution is 14.1. The molecular formula is C22H20ClIN4O4. The lowest BCUT2D eigenvalue weighted by Crippen LogP contribution is -2.21. The summed E-state index contributed by atoms with van der Waals surface area (Å²) in [7, 11) is 0. The lowest BCUT2D eigenvalue weighted by Gasteiger charge is -2.11. The van der Waals surface area contributed by atoms with Gasteiger partial charge in [0.05, 0.1) is 29.6 Å². The van der Waals surface area contributed by atoms with Crippen LogP contribution in [0.15, 0.2) is 53.5 Å². The molecule has 32 heavy (non-hydrogen) atoms. The van der Waals surface area contributed by atoms with Crippen LogP contribution in [0.1, 0.15) is 18.8 Å². The highest BCUT2D eigenvalue weighted by atomic mass is 127. The zero-order valence-electron chi connectivity index (χ0n) is 17.0. The maximum atomic E-state index is 12.7. The van der Waals surface area contributed by atoms with Gasteiger partial charge in [-0.2, -0.15) is 0 Å². The van der Waals surface area contributed by atoms with Gasteiger partial charge < -0.3 is 24.9 Å². The van der Waals surface area contributed by atoms with Gasteiger partial charge in [0.2, 0.25) is 5.88 Å². The Morgan fingerprint density at radius 1 is 1.22 bits per heavy atom. The quantitative estimate of drug-likeness (QED) is 0.251. The summed E-state index contributed by atoms with van der Waals surface area (Å²) in [4.78, 5) is 23.0. The minimum atomic E-state index is -0.559. The highest BCUT2D eigenvalue weighted by Crippen LogP contribution is 2.32. The van der Waals surface area contributed by atoms with Crippen LogP contribution in [-0.2, 0) is 0 Å². The molecule has 4 N–H and O–H groups in total. The smallest absolute Gasteiger partial charge is 0.329 e. The molecule has 10 heteroatoms. The SMILES string of the molecule is C[C@H](c1ncc(-c2ccc(I)cc2Cl)[nH]1)n1c(O)c(-c2ccc(OCCO)cc2)[nH]c1=O. The monoisotopic (exact) mass is 566 g/mol. The van der Waals surface area contributed by atoms with Crippen molar-refractivity contribution in [3.05, 3.63) is 73.6 Å². The van der Waals surface area contributed by atoms with E-state index in [1.54, 1.807) is 37.4 Å². The first kappa shape index (κ1) is 22.4. The molecule has 0 radical (unpaired) electrons. The number of aliphatic hydroxyl groups excluding tert-OH is 1. The molecule has 2 heterocycles. The third-order valence-electron chi connectivity index (χ3n) is 5.01. The van der Waals surface area contributed by atoms with E-state index in [2.05, 4.69) is 37.5 Å². The van der Waals surface area contributed by atoms with Crippen molar-refractivity contribution in [3.8, 4) is 34.1 Å². The standard InChI is InChI=1S/C22H20ClIN4O4/c1-12(20-25-11-18(26-20)16-7-4-14(24)10-17(16)23)28-21(30)19(27-22(28)31)13-2-5-15(6-3-13)32-9-8-29/h2-7,10-12,29-30H,8-9H2,1H3,(H,25,26)(H,27,31)/t12-/m1/s1. The van der Waals surface area contributed by atoms with Crippen molar-refractivity contribution in [1.82, 2.24) is 19.5 Å². The zero-order chi connectivity index (χ0) is 22.8. The number of rotatable bonds is 7. The van der Waals surface area contributed by atoms with Crippen LogP contribution in [-0.4, -0.2) is 42.9 Å². The van der Waals surface area contributed by atoms with Crippen molar-refractivity contribution in [3.63, 3.8) is 0 Å². The van der Waals surface area contributed by atoms with Crippen molar-refractivity contribution in [2.45, 2.75) is 13.0 Å². The van der Waals surface area contributed by atoms with Gasteiger partial charge >= 0.3 is 5.69 Å². The average molecular weight is 567 g/mol. The van der Waals surface area contributed by atoms with E-state index >= 15 is 0 Å². The molecule has 166 valence electrons. The van der Waals surface area contributed by atoms with Gasteiger partial charge in [-0.1, -0.05) is 17.7 Å². The number of hydrogen-bond acceptors (Lipinski definition) is 5. The third kappa shape index (κ3) is 4.41. The number of halogens is 2. The number of aromatic amines is 2. The number of ether oxygens (including phenoxy) is 1. The highest BCUT2D eigenvalue weighted by Gasteiger charge is 2.22. The Balaban J connectivity index is 1.63. The number of imidazole rings is 2. The van der Waals surface area contributed by atoms with Crippen LogP contribution in [0.4, 0.5) is 0 Å². The van der Waals surface area contributed by atoms with Crippen molar-refractivity contribution in [1.29, 1.82) is 0 Å². The molecule has 4 rings (SSSR count). The number of aromatic nitrogens is 4. The van der Waals surface area contributed by atoms with Gasteiger partial charge in [0.25, 0.3) is 0 Å². The molecule has 1 atom stereocenters. The van der Waals surface area contributed by atoms with Gasteiger partial charge in [-0.3, -0.25) is 4.57 Å². The average Bonchev–Trinajstić information content (AvgIpc) is 3.37. The number of aromatic hydroxyl groups is 1. The third-order valence-corrected chi connectivity index (χ3v) is 5.99. The minimum absolute atomic E-state index is 0.0825. The van der Waals surface area contributed by atoms with E-state index in [-0.39, 0.29) is 19.1 Å². The summed E-state index contributed by atoms with van der Waals surface area (Å²) in [5.41, 5.74) is 1.97. The molecule has 8 nitrogen and oxygen atoms in total. The molecule has 0 saturated carbocycles. The Hall–Kier alpha value is -2.76. The molecule has 2 aromatic carbocycles. The Morgan fingerprint density at radius 3 is 2.66 bits per heavy atom. The van der Waals surface area contributed by atoms with E-state index in [4.69, 9.17) is 21.4 Å². The molecule has 0 aliphatic heterocycles. The summed E-state index contributed by atoms with van der Waals surface area (Å²) >= 11 is 8.55. The summed E-state index contributed by atoms with van der Waals surface area (Å²) in [5, 5.41) is 20.3. The van der Waals surface area contributed by atoms with E-state index in [9.17, 15) is 9.90 Å². The van der Waals surface area contributed by atoms with E-state index < -0.39 is 11.7 Å². The number of aliphatic hydroxyl groups is 1. The molecule has 0 saturated heterocycles. The predicted molar refractivity (Wildman–Crippen MR) is 130 cm³/mol. The van der Waals surface area contributed by atoms with Gasteiger partial charge in [-0.25, -0.2) is 9.78 Å². The van der Waals surface area contributed by atoms with E-state index in [1.165, 1.54) is 4.57 Å². The van der Waals surface area contributed by atoms with Gasteiger partial charge in [-0.15, -0.1) is 0 Å². The molecule has 0 spiro atoms. The second kappa shape index (κ2) is 9.39. The Labute approximate surface area is 202 Å². The number of hydrogen-bond donors (Lipinski definition) is 4. The first-order valence-electron chi connectivity index (χ1n) is 9.77. The van der Waals surface area contributed by atoms with Crippen LogP contribution in [0.5, 0.6) is 11.6 Å². The molecule has 4 aromatic rings. The second-order valence-electron chi connectivity index (χ2n) is 7.08. The fourth-order valence-electron chi connectivity index (χ4n) is 3.40. The lowest BCUT2D eigenvalue weighted by molar-refractivity contribution is 0.201. The molecule has 0 fully saturated rings. The van der Waals surface area contributed by atoms with Crippen molar-refractivity contribution >= 4 is 34.2 Å². The largest absolute Gasteiger partial charge is 0.493 e. The molecule has 0 bridgehead atoms. The van der Waals surface area contributed by atoms with Crippen LogP contribution in [0, 0.1) is 3.57 Å². The van der Waals surface area contributed by atoms with Gasteiger partial charge in [-0.05, 0) is 65.9 Å². The zero-order valence-corrected chi connectivity index (χ0v) is 19.9. The maximum Gasteiger partial charge on any atom is 0.329 e. The summed E-state index contributed by atoms with van der Waals surface area (Å²) in [5.74, 6) is 0.886. The molecule has 0 unspecified atom stereocenters. The second-order valence-corrected chi connectivity index (χ2v) is 8.73. The van der Waals surface area contributed by atoms with Crippen molar-refractivity contribution < 1.29 is 14.9 Å².